The fraction of sp³-hybridized carbons (Fsp3) is 0.618. The Kier molecular flexibility index (Phi) is 12.3. The zero-order valence-electron chi connectivity index (χ0n) is 26.8. The zero-order valence-corrected chi connectivity index (χ0v) is 28.4. The lowest BCUT2D eigenvalue weighted by Gasteiger charge is -2.38. The number of nitrogens with zero attached hydrogens (tertiary/aromatic N) is 1. The van der Waals surface area contributed by atoms with E-state index in [1.165, 1.54) is 16.2 Å². The molecule has 1 aromatic heterocycles. The maximum atomic E-state index is 14.4. The lowest BCUT2D eigenvalue weighted by Crippen LogP contribution is -3.10. The highest BCUT2D eigenvalue weighted by Crippen LogP contribution is 2.41. The molecule has 2 heterocycles. The van der Waals surface area contributed by atoms with Crippen LogP contribution in [0.1, 0.15) is 89.7 Å². The van der Waals surface area contributed by atoms with Crippen molar-refractivity contribution in [3.05, 3.63) is 41.3 Å². The number of anilines is 1. The minimum atomic E-state index is -1.03. The molecular weight excluding hydrogens is 584 g/mol. The van der Waals surface area contributed by atoms with Crippen molar-refractivity contribution in [1.82, 2.24) is 0 Å². The quantitative estimate of drug-likeness (QED) is 0.358. The number of rotatable bonds is 8. The van der Waals surface area contributed by atoms with Gasteiger partial charge in [-0.15, -0.1) is 11.3 Å². The molecule has 1 N–H and O–H groups in total. The van der Waals surface area contributed by atoms with E-state index < -0.39 is 23.6 Å². The summed E-state index contributed by atoms with van der Waals surface area (Å²) >= 11 is 1.34. The minimum absolute atomic E-state index is 0. The van der Waals surface area contributed by atoms with Gasteiger partial charge in [-0.05, 0) is 64.0 Å². The molecule has 2 aliphatic rings. The highest BCUT2D eigenvalue weighted by molar-refractivity contribution is 7.18. The van der Waals surface area contributed by atoms with Gasteiger partial charge in [-0.2, -0.15) is 0 Å². The Bertz CT molecular complexity index is 1230. The number of hydrogen-bond donors (Lipinski definition) is 1. The second-order valence-electron chi connectivity index (χ2n) is 13.7. The molecular formula is C34H49ClN2O5S. The normalized spacial score (nSPS) is 23.2. The van der Waals surface area contributed by atoms with E-state index in [4.69, 9.17) is 9.47 Å². The first-order valence-electron chi connectivity index (χ1n) is 15.6. The van der Waals surface area contributed by atoms with E-state index in [0.29, 0.717) is 16.5 Å². The molecule has 1 saturated carbocycles. The number of thiophene rings is 1. The maximum Gasteiger partial charge on any atom is 0.353 e. The molecule has 1 saturated heterocycles. The van der Waals surface area contributed by atoms with Crippen molar-refractivity contribution in [2.45, 2.75) is 92.4 Å². The average Bonchev–Trinajstić information content (AvgIpc) is 3.39. The number of nitrogens with one attached hydrogen (secondary N) is 1. The van der Waals surface area contributed by atoms with Crippen LogP contribution in [0.4, 0.5) is 5.69 Å². The molecule has 1 unspecified atom stereocenters. The fourth-order valence-corrected chi connectivity index (χ4v) is 6.78. The summed E-state index contributed by atoms with van der Waals surface area (Å²) in [5, 5.41) is 0. The fourth-order valence-electron chi connectivity index (χ4n) is 5.74. The number of benzene rings is 1. The van der Waals surface area contributed by atoms with Crippen molar-refractivity contribution in [2.24, 2.45) is 23.2 Å². The predicted molar refractivity (Wildman–Crippen MR) is 168 cm³/mol. The van der Waals surface area contributed by atoms with Crippen LogP contribution in [0.25, 0.3) is 10.4 Å². The lowest BCUT2D eigenvalue weighted by molar-refractivity contribution is -0.884. The van der Waals surface area contributed by atoms with Crippen molar-refractivity contribution in [3.63, 3.8) is 0 Å². The van der Waals surface area contributed by atoms with Crippen LogP contribution in [-0.4, -0.2) is 50.3 Å². The number of esters is 2. The second kappa shape index (κ2) is 15.0. The van der Waals surface area contributed by atoms with Crippen LogP contribution < -0.4 is 22.2 Å². The van der Waals surface area contributed by atoms with Gasteiger partial charge in [0.2, 0.25) is 12.2 Å². The Morgan fingerprint density at radius 1 is 0.953 bits per heavy atom. The van der Waals surface area contributed by atoms with Crippen LogP contribution in [-0.2, 0) is 19.1 Å². The summed E-state index contributed by atoms with van der Waals surface area (Å²) in [5.74, 6) is -0.523. The Hall–Kier alpha value is -2.42. The zero-order chi connectivity index (χ0) is 30.6. The van der Waals surface area contributed by atoms with Gasteiger partial charge in [0.05, 0.1) is 31.2 Å². The molecule has 0 radical (unpaired) electrons. The lowest BCUT2D eigenvalue weighted by atomic mass is 9.82. The smallest absolute Gasteiger partial charge is 0.353 e. The minimum Gasteiger partial charge on any atom is -1.00 e. The van der Waals surface area contributed by atoms with Crippen molar-refractivity contribution in [2.75, 3.05) is 25.0 Å². The molecule has 2 aromatic rings. The number of amides is 1. The highest BCUT2D eigenvalue weighted by Gasteiger charge is 2.39. The van der Waals surface area contributed by atoms with Gasteiger partial charge in [-0.1, -0.05) is 51.1 Å². The molecule has 1 amide bonds. The summed E-state index contributed by atoms with van der Waals surface area (Å²) in [6, 6.07) is 11.9. The first-order chi connectivity index (χ1) is 19.8. The van der Waals surface area contributed by atoms with Crippen LogP contribution in [0.3, 0.4) is 0 Å². The molecule has 9 heteroatoms. The molecule has 238 valence electrons. The summed E-state index contributed by atoms with van der Waals surface area (Å²) in [5.41, 5.74) is 0.876. The van der Waals surface area contributed by atoms with E-state index in [0.717, 1.165) is 62.1 Å². The van der Waals surface area contributed by atoms with E-state index in [1.807, 2.05) is 55.1 Å². The first kappa shape index (κ1) is 35.1. The molecule has 4 rings (SSSR count). The number of halogens is 1. The molecule has 0 bridgehead atoms. The largest absolute Gasteiger partial charge is 1.00 e. The van der Waals surface area contributed by atoms with Crippen LogP contribution in [0.2, 0.25) is 0 Å². The summed E-state index contributed by atoms with van der Waals surface area (Å²) in [7, 11) is 2.19. The molecule has 1 aliphatic heterocycles. The molecule has 2 fully saturated rings. The van der Waals surface area contributed by atoms with Gasteiger partial charge in [-0.25, -0.2) is 4.79 Å². The molecule has 1 atom stereocenters. The SMILES string of the molecule is CC1CCC(C(=O)N(c2cc(-c3ccccc3)sc2C(=O)OC(OC(=O)C(C)(C)C)C(C)C)C2CC[NH+](C)CC2)CC1.[Cl-]. The van der Waals surface area contributed by atoms with Gasteiger partial charge in [0.25, 0.3) is 0 Å². The summed E-state index contributed by atoms with van der Waals surface area (Å²) < 4.78 is 11.6. The molecule has 7 nitrogen and oxygen atoms in total. The van der Waals surface area contributed by atoms with Crippen molar-refractivity contribution >= 4 is 34.9 Å². The van der Waals surface area contributed by atoms with Gasteiger partial charge >= 0.3 is 11.9 Å². The number of likely N-dealkylation sites (tertiary alicyclic amines) is 1. The van der Waals surface area contributed by atoms with E-state index in [-0.39, 0.29) is 36.2 Å². The Morgan fingerprint density at radius 2 is 1.56 bits per heavy atom. The second-order valence-corrected chi connectivity index (χ2v) is 14.8. The van der Waals surface area contributed by atoms with Crippen molar-refractivity contribution in [3.8, 4) is 10.4 Å². The van der Waals surface area contributed by atoms with Crippen LogP contribution >= 0.6 is 11.3 Å². The number of carbonyl (C=O) groups excluding carboxylic acids is 3. The number of carbonyl (C=O) groups is 3. The van der Waals surface area contributed by atoms with Crippen LogP contribution in [0, 0.1) is 23.2 Å². The van der Waals surface area contributed by atoms with Crippen LogP contribution in [0.15, 0.2) is 36.4 Å². The van der Waals surface area contributed by atoms with E-state index in [1.54, 1.807) is 20.8 Å². The third kappa shape index (κ3) is 8.83. The number of piperidine rings is 1. The number of ether oxygens (including phenoxy) is 2. The molecule has 0 spiro atoms. The number of quaternary nitrogens is 1. The van der Waals surface area contributed by atoms with Gasteiger partial charge < -0.3 is 31.7 Å². The molecule has 1 aromatic carbocycles. The summed E-state index contributed by atoms with van der Waals surface area (Å²) in [6.07, 6.45) is 4.57. The molecule has 43 heavy (non-hydrogen) atoms. The Morgan fingerprint density at radius 3 is 2.12 bits per heavy atom. The summed E-state index contributed by atoms with van der Waals surface area (Å²) in [4.78, 5) is 45.8. The van der Waals surface area contributed by atoms with Crippen LogP contribution in [0.5, 0.6) is 0 Å². The van der Waals surface area contributed by atoms with Gasteiger partial charge in [0, 0.05) is 35.6 Å². The standard InChI is InChI=1S/C34H48N2O5S.ClH/c1-22(2)32(41-33(39)34(4,5)6)40-31(38)29-27(21-28(42-29)24-11-9-8-10-12-24)36(26-17-19-35(7)20-18-26)30(37)25-15-13-23(3)14-16-25;/h8-12,21-23,25-26,32H,13-20H2,1-7H3;1H. The third-order valence-corrected chi connectivity index (χ3v) is 9.75. The topological polar surface area (TPSA) is 77.3 Å². The number of hydrogen-bond acceptors (Lipinski definition) is 6. The predicted octanol–water partition coefficient (Wildman–Crippen LogP) is 2.98. The van der Waals surface area contributed by atoms with Crippen molar-refractivity contribution in [1.29, 1.82) is 0 Å². The van der Waals surface area contributed by atoms with Gasteiger partial charge in [0.1, 0.15) is 4.88 Å². The first-order valence-corrected chi connectivity index (χ1v) is 16.4. The Labute approximate surface area is 267 Å². The van der Waals surface area contributed by atoms with E-state index in [9.17, 15) is 14.4 Å². The van der Waals surface area contributed by atoms with Gasteiger partial charge in [0.15, 0.2) is 0 Å². The highest BCUT2D eigenvalue weighted by atomic mass is 35.5. The van der Waals surface area contributed by atoms with E-state index in [2.05, 4.69) is 14.0 Å². The third-order valence-electron chi connectivity index (χ3n) is 8.60. The average molecular weight is 633 g/mol. The maximum absolute atomic E-state index is 14.4. The summed E-state index contributed by atoms with van der Waals surface area (Å²) in [6.45, 7) is 13.3. The van der Waals surface area contributed by atoms with Crippen molar-refractivity contribution < 1.29 is 41.2 Å². The Balaban J connectivity index is 0.00000506. The van der Waals surface area contributed by atoms with Gasteiger partial charge in [-0.3, -0.25) is 9.59 Å². The van der Waals surface area contributed by atoms with E-state index >= 15 is 0 Å². The molecule has 1 aliphatic carbocycles. The monoisotopic (exact) mass is 632 g/mol.